The molecule has 5 heteroatoms. The van der Waals surface area contributed by atoms with Crippen LogP contribution in [0, 0.1) is 0 Å². The van der Waals surface area contributed by atoms with Gasteiger partial charge in [0, 0.05) is 19.2 Å². The first-order valence-corrected chi connectivity index (χ1v) is 7.22. The minimum atomic E-state index is -0.170. The van der Waals surface area contributed by atoms with Crippen LogP contribution in [-0.2, 0) is 9.47 Å². The quantitative estimate of drug-likeness (QED) is 0.619. The molecule has 2 bridgehead atoms. The molecular weight excluding hydrogens is 230 g/mol. The van der Waals surface area contributed by atoms with Gasteiger partial charge in [-0.1, -0.05) is 25.7 Å². The summed E-state index contributed by atoms with van der Waals surface area (Å²) >= 11 is 0. The fourth-order valence-electron chi connectivity index (χ4n) is 2.97. The molecule has 3 saturated heterocycles. The molecule has 0 saturated carbocycles. The molecule has 3 aliphatic rings. The van der Waals surface area contributed by atoms with Gasteiger partial charge in [0.2, 0.25) is 0 Å². The molecule has 3 rings (SSSR count). The largest absolute Gasteiger partial charge is 0.374 e. The lowest BCUT2D eigenvalue weighted by Crippen LogP contribution is -2.66. The van der Waals surface area contributed by atoms with Crippen molar-refractivity contribution in [1.29, 1.82) is 0 Å². The van der Waals surface area contributed by atoms with E-state index in [0.29, 0.717) is 6.54 Å². The molecule has 18 heavy (non-hydrogen) atoms. The highest BCUT2D eigenvalue weighted by molar-refractivity contribution is 4.98. The van der Waals surface area contributed by atoms with Gasteiger partial charge in [-0.15, -0.1) is 0 Å². The summed E-state index contributed by atoms with van der Waals surface area (Å²) in [6, 6.07) is -0.311. The van der Waals surface area contributed by atoms with Crippen molar-refractivity contribution < 1.29 is 9.47 Å². The Balaban J connectivity index is 2.06. The second kappa shape index (κ2) is 6.82. The van der Waals surface area contributed by atoms with Gasteiger partial charge in [-0.2, -0.15) is 0 Å². The second-order valence-electron chi connectivity index (χ2n) is 5.50. The Kier molecular flexibility index (Phi) is 5.38. The zero-order valence-electron chi connectivity index (χ0n) is 11.1. The molecule has 0 aromatic rings. The predicted octanol–water partition coefficient (Wildman–Crippen LogP) is 0.107. The first-order chi connectivity index (χ1) is 8.74. The van der Waals surface area contributed by atoms with E-state index in [9.17, 15) is 0 Å². The van der Waals surface area contributed by atoms with E-state index in [1.807, 2.05) is 0 Å². The maximum atomic E-state index is 6.22. The van der Waals surface area contributed by atoms with E-state index in [1.54, 1.807) is 0 Å². The van der Waals surface area contributed by atoms with E-state index in [1.165, 1.54) is 19.3 Å². The van der Waals surface area contributed by atoms with Gasteiger partial charge in [0.1, 0.15) is 6.10 Å². The molecule has 3 aliphatic heterocycles. The Morgan fingerprint density at radius 2 is 1.67 bits per heavy atom. The Labute approximate surface area is 109 Å². The predicted molar refractivity (Wildman–Crippen MR) is 71.1 cm³/mol. The van der Waals surface area contributed by atoms with Gasteiger partial charge in [-0.25, -0.2) is 0 Å². The van der Waals surface area contributed by atoms with Gasteiger partial charge in [0.25, 0.3) is 0 Å². The summed E-state index contributed by atoms with van der Waals surface area (Å²) in [6.45, 7) is 1.18. The van der Waals surface area contributed by atoms with Crippen molar-refractivity contribution in [3.63, 3.8) is 0 Å². The number of ether oxygens (including phenoxy) is 2. The Morgan fingerprint density at radius 3 is 2.44 bits per heavy atom. The van der Waals surface area contributed by atoms with Crippen LogP contribution in [0.1, 0.15) is 38.5 Å². The number of fused-ring (bicyclic) bond motifs is 9. The molecule has 0 aromatic heterocycles. The minimum Gasteiger partial charge on any atom is -0.374 e. The van der Waals surface area contributed by atoms with Crippen LogP contribution in [-0.4, -0.2) is 43.5 Å². The zero-order valence-corrected chi connectivity index (χ0v) is 11.1. The highest BCUT2D eigenvalue weighted by Crippen LogP contribution is 2.25. The van der Waals surface area contributed by atoms with Crippen molar-refractivity contribution in [2.24, 2.45) is 17.2 Å². The molecular formula is C13H27N3O2. The van der Waals surface area contributed by atoms with Gasteiger partial charge < -0.3 is 26.7 Å². The lowest BCUT2D eigenvalue weighted by atomic mass is 9.88. The van der Waals surface area contributed by atoms with Crippen LogP contribution < -0.4 is 17.2 Å². The number of rotatable bonds is 1. The fourth-order valence-corrected chi connectivity index (χ4v) is 2.97. The highest BCUT2D eigenvalue weighted by Gasteiger charge is 2.42. The first kappa shape index (κ1) is 14.2. The molecule has 0 amide bonds. The van der Waals surface area contributed by atoms with Crippen LogP contribution in [0.2, 0.25) is 0 Å². The van der Waals surface area contributed by atoms with Crippen molar-refractivity contribution in [2.75, 3.05) is 13.2 Å². The number of hydrogen-bond acceptors (Lipinski definition) is 5. The topological polar surface area (TPSA) is 96.5 Å². The van der Waals surface area contributed by atoms with Gasteiger partial charge in [-0.3, -0.25) is 0 Å². The first-order valence-electron chi connectivity index (χ1n) is 7.22. The third-order valence-electron chi connectivity index (χ3n) is 4.14. The number of hydrogen-bond donors (Lipinski definition) is 3. The van der Waals surface area contributed by atoms with Gasteiger partial charge in [0.05, 0.1) is 18.2 Å². The van der Waals surface area contributed by atoms with E-state index < -0.39 is 0 Å². The maximum absolute atomic E-state index is 6.22. The lowest BCUT2D eigenvalue weighted by Gasteiger charge is -2.44. The minimum absolute atomic E-state index is 0.0350. The van der Waals surface area contributed by atoms with Gasteiger partial charge in [-0.05, 0) is 12.8 Å². The average Bonchev–Trinajstić information content (AvgIpc) is 2.36. The van der Waals surface area contributed by atoms with Crippen molar-refractivity contribution >= 4 is 0 Å². The van der Waals surface area contributed by atoms with Crippen molar-refractivity contribution in [3.05, 3.63) is 0 Å². The van der Waals surface area contributed by atoms with Crippen molar-refractivity contribution in [3.8, 4) is 0 Å². The second-order valence-corrected chi connectivity index (χ2v) is 5.50. The molecule has 0 aromatic carbocycles. The molecule has 5 nitrogen and oxygen atoms in total. The average molecular weight is 257 g/mol. The van der Waals surface area contributed by atoms with Crippen LogP contribution >= 0.6 is 0 Å². The molecule has 0 aliphatic carbocycles. The molecule has 0 radical (unpaired) electrons. The van der Waals surface area contributed by atoms with Crippen LogP contribution in [0.25, 0.3) is 0 Å². The van der Waals surface area contributed by atoms with Crippen LogP contribution in [0.5, 0.6) is 0 Å². The van der Waals surface area contributed by atoms with Crippen LogP contribution in [0.3, 0.4) is 0 Å². The molecule has 6 N–H and O–H groups in total. The maximum Gasteiger partial charge on any atom is 0.102 e. The standard InChI is InChI=1S/C13H27N3O2/c14-8-10-13-12(16)11(15)9(18-10)6-4-2-1-3-5-7-17-13/h9-13H,1-8,14-16H2/t9?,10-,11+,12-,13-/m1/s1. The SMILES string of the molecule is NC[C@H]1OC2CCCCCCCO[C@H]1[C@H](N)[C@H]2N. The lowest BCUT2D eigenvalue weighted by molar-refractivity contribution is -0.155. The smallest absolute Gasteiger partial charge is 0.102 e. The Morgan fingerprint density at radius 1 is 0.944 bits per heavy atom. The van der Waals surface area contributed by atoms with E-state index in [-0.39, 0.29) is 30.4 Å². The summed E-state index contributed by atoms with van der Waals surface area (Å²) in [5, 5.41) is 0. The van der Waals surface area contributed by atoms with Crippen LogP contribution in [0.4, 0.5) is 0 Å². The molecule has 5 atom stereocenters. The summed E-state index contributed by atoms with van der Waals surface area (Å²) in [4.78, 5) is 0. The Hall–Kier alpha value is -0.200. The normalized spacial score (nSPS) is 43.2. The van der Waals surface area contributed by atoms with E-state index in [4.69, 9.17) is 26.7 Å². The molecule has 3 heterocycles. The molecule has 3 fully saturated rings. The number of nitrogens with two attached hydrogens (primary N) is 3. The Bertz CT molecular complexity index is 248. The van der Waals surface area contributed by atoms with E-state index in [0.717, 1.165) is 25.9 Å². The van der Waals surface area contributed by atoms with Crippen molar-refractivity contribution in [2.45, 2.75) is 68.9 Å². The highest BCUT2D eigenvalue weighted by atomic mass is 16.6. The monoisotopic (exact) mass is 257 g/mol. The third kappa shape index (κ3) is 3.22. The summed E-state index contributed by atoms with van der Waals surface area (Å²) in [5.41, 5.74) is 18.2. The molecule has 106 valence electrons. The van der Waals surface area contributed by atoms with Crippen molar-refractivity contribution in [1.82, 2.24) is 0 Å². The third-order valence-corrected chi connectivity index (χ3v) is 4.14. The molecule has 1 unspecified atom stereocenters. The zero-order chi connectivity index (χ0) is 13.0. The summed E-state index contributed by atoms with van der Waals surface area (Å²) in [7, 11) is 0. The summed E-state index contributed by atoms with van der Waals surface area (Å²) in [5.74, 6) is 0. The summed E-state index contributed by atoms with van der Waals surface area (Å²) in [6.07, 6.45) is 6.73. The van der Waals surface area contributed by atoms with Crippen LogP contribution in [0.15, 0.2) is 0 Å². The van der Waals surface area contributed by atoms with Gasteiger partial charge in [0.15, 0.2) is 0 Å². The van der Waals surface area contributed by atoms with E-state index >= 15 is 0 Å². The summed E-state index contributed by atoms with van der Waals surface area (Å²) < 4.78 is 11.9. The molecule has 0 spiro atoms. The van der Waals surface area contributed by atoms with E-state index in [2.05, 4.69) is 0 Å². The fraction of sp³-hybridized carbons (Fsp3) is 1.00. The van der Waals surface area contributed by atoms with Gasteiger partial charge >= 0.3 is 0 Å².